The molecule has 0 radical (unpaired) electrons. The first kappa shape index (κ1) is 18.4. The Morgan fingerprint density at radius 2 is 2.14 bits per heavy atom. The van der Waals surface area contributed by atoms with Gasteiger partial charge >= 0.3 is 0 Å². The third-order valence-electron chi connectivity index (χ3n) is 4.96. The molecule has 0 spiro atoms. The number of hydrogen-bond donors (Lipinski definition) is 2. The molecule has 142 valence electrons. The van der Waals surface area contributed by atoms with Gasteiger partial charge in [-0.2, -0.15) is 5.26 Å². The average molecular weight is 383 g/mol. The third kappa shape index (κ3) is 3.25. The minimum atomic E-state index is -1.64. The molecule has 1 aliphatic rings. The molecule has 7 heteroatoms. The molecule has 1 fully saturated rings. The van der Waals surface area contributed by atoms with Crippen molar-refractivity contribution in [1.82, 2.24) is 14.9 Å². The van der Waals surface area contributed by atoms with Crippen LogP contribution in [0.2, 0.25) is 0 Å². The summed E-state index contributed by atoms with van der Waals surface area (Å²) in [4.78, 5) is 22.1. The third-order valence-corrected chi connectivity index (χ3v) is 4.96. The number of nitrogen functional groups attached to an aromatic ring is 1. The second kappa shape index (κ2) is 6.90. The fourth-order valence-electron chi connectivity index (χ4n) is 3.29. The fraction of sp³-hybridized carbons (Fsp3) is 0.182. The van der Waals surface area contributed by atoms with Crippen molar-refractivity contribution in [1.29, 1.82) is 5.26 Å². The lowest BCUT2D eigenvalue weighted by Gasteiger charge is -2.13. The number of likely N-dealkylation sites (tertiary alicyclic amines) is 1. The highest BCUT2D eigenvalue weighted by Gasteiger charge is 2.42. The molecule has 3 aromatic rings. The van der Waals surface area contributed by atoms with Gasteiger partial charge in [-0.15, -0.1) is 0 Å². The largest absolute Gasteiger partial charge is 0.382 e. The monoisotopic (exact) mass is 383 g/mol. The van der Waals surface area contributed by atoms with Crippen molar-refractivity contribution in [2.45, 2.75) is 12.0 Å². The number of hydrogen-bond acceptors (Lipinski definition) is 6. The van der Waals surface area contributed by atoms with Crippen LogP contribution < -0.4 is 5.73 Å². The molecule has 3 N–H and O–H groups in total. The number of rotatable bonds is 1. The lowest BCUT2D eigenvalue weighted by molar-refractivity contribution is -0.137. The van der Waals surface area contributed by atoms with Gasteiger partial charge in [0.15, 0.2) is 0 Å². The van der Waals surface area contributed by atoms with Gasteiger partial charge in [-0.05, 0) is 24.3 Å². The Labute approximate surface area is 167 Å². The highest BCUT2D eigenvalue weighted by molar-refractivity contribution is 5.93. The topological polar surface area (TPSA) is 116 Å². The lowest BCUT2D eigenvalue weighted by atomic mass is 10.0. The summed E-state index contributed by atoms with van der Waals surface area (Å²) in [5.41, 5.74) is 7.28. The van der Waals surface area contributed by atoms with Gasteiger partial charge in [-0.1, -0.05) is 24.0 Å². The van der Waals surface area contributed by atoms with Gasteiger partial charge < -0.3 is 15.7 Å². The summed E-state index contributed by atoms with van der Waals surface area (Å²) in [6, 6.07) is 13.0. The number of likely N-dealkylation sites (N-methyl/N-ethyl adjacent to an activating group) is 1. The second-order valence-corrected chi connectivity index (χ2v) is 6.93. The number of aromatic nitrogens is 2. The van der Waals surface area contributed by atoms with Crippen LogP contribution in [0.4, 0.5) is 5.82 Å². The van der Waals surface area contributed by atoms with Crippen molar-refractivity contribution in [3.63, 3.8) is 0 Å². The quantitative estimate of drug-likeness (QED) is 0.618. The predicted octanol–water partition coefficient (Wildman–Crippen LogP) is 1.70. The zero-order valence-corrected chi connectivity index (χ0v) is 15.7. The Hall–Kier alpha value is -3.94. The van der Waals surface area contributed by atoms with Crippen LogP contribution in [0, 0.1) is 23.2 Å². The van der Waals surface area contributed by atoms with E-state index in [1.807, 2.05) is 18.2 Å². The Bertz CT molecular complexity index is 1250. The maximum absolute atomic E-state index is 12.1. The Morgan fingerprint density at radius 1 is 1.31 bits per heavy atom. The number of nitrogens with zero attached hydrogens (tertiary/aromatic N) is 4. The van der Waals surface area contributed by atoms with Crippen LogP contribution in [0.5, 0.6) is 0 Å². The molecule has 0 unspecified atom stereocenters. The fourth-order valence-corrected chi connectivity index (χ4v) is 3.29. The number of pyridine rings is 2. The van der Waals surface area contributed by atoms with Crippen molar-refractivity contribution < 1.29 is 9.90 Å². The number of aliphatic hydroxyl groups is 1. The van der Waals surface area contributed by atoms with Crippen LogP contribution in [-0.4, -0.2) is 45.1 Å². The van der Waals surface area contributed by atoms with Crippen molar-refractivity contribution in [3.05, 3.63) is 53.7 Å². The van der Waals surface area contributed by atoms with Crippen LogP contribution in [-0.2, 0) is 4.79 Å². The molecular formula is C22H17N5O2. The van der Waals surface area contributed by atoms with E-state index in [0.717, 1.165) is 5.56 Å². The SMILES string of the molecule is CN1CC[C@@](O)(C#Cc2cccc(-c3ccc4c(C#N)cnc(N)c4n3)c2)C1=O. The summed E-state index contributed by atoms with van der Waals surface area (Å²) in [6.45, 7) is 0.477. The van der Waals surface area contributed by atoms with Crippen LogP contribution in [0.1, 0.15) is 17.5 Å². The number of fused-ring (bicyclic) bond motifs is 1. The van der Waals surface area contributed by atoms with E-state index in [-0.39, 0.29) is 18.1 Å². The first-order valence-electron chi connectivity index (χ1n) is 8.98. The molecule has 1 atom stereocenters. The molecule has 29 heavy (non-hydrogen) atoms. The van der Waals surface area contributed by atoms with Crippen LogP contribution in [0.15, 0.2) is 42.6 Å². The van der Waals surface area contributed by atoms with Gasteiger partial charge in [0.25, 0.3) is 5.91 Å². The summed E-state index contributed by atoms with van der Waals surface area (Å²) in [5.74, 6) is 5.49. The van der Waals surface area contributed by atoms with Gasteiger partial charge in [0, 0.05) is 42.7 Å². The summed E-state index contributed by atoms with van der Waals surface area (Å²) < 4.78 is 0. The molecule has 1 amide bonds. The first-order valence-corrected chi connectivity index (χ1v) is 8.98. The minimum Gasteiger partial charge on any atom is -0.382 e. The van der Waals surface area contributed by atoms with Crippen molar-refractivity contribution in [2.24, 2.45) is 0 Å². The van der Waals surface area contributed by atoms with E-state index in [2.05, 4.69) is 27.9 Å². The van der Waals surface area contributed by atoms with E-state index in [1.54, 1.807) is 25.2 Å². The zero-order valence-electron chi connectivity index (χ0n) is 15.7. The number of anilines is 1. The lowest BCUT2D eigenvalue weighted by Crippen LogP contribution is -2.37. The number of amides is 1. The number of nitriles is 1. The molecule has 1 aliphatic heterocycles. The van der Waals surface area contributed by atoms with Gasteiger partial charge in [0.2, 0.25) is 5.60 Å². The highest BCUT2D eigenvalue weighted by Crippen LogP contribution is 2.26. The summed E-state index contributed by atoms with van der Waals surface area (Å²) in [6.07, 6.45) is 1.72. The van der Waals surface area contributed by atoms with E-state index in [1.165, 1.54) is 11.1 Å². The maximum Gasteiger partial charge on any atom is 0.267 e. The smallest absolute Gasteiger partial charge is 0.267 e. The summed E-state index contributed by atoms with van der Waals surface area (Å²) in [7, 11) is 1.65. The van der Waals surface area contributed by atoms with E-state index in [0.29, 0.717) is 34.3 Å². The first-order chi connectivity index (χ1) is 13.9. The highest BCUT2D eigenvalue weighted by atomic mass is 16.3. The molecule has 2 aromatic heterocycles. The van der Waals surface area contributed by atoms with Crippen molar-refractivity contribution in [2.75, 3.05) is 19.3 Å². The van der Waals surface area contributed by atoms with Gasteiger partial charge in [-0.3, -0.25) is 4.79 Å². The van der Waals surface area contributed by atoms with E-state index in [9.17, 15) is 15.2 Å². The van der Waals surface area contributed by atoms with E-state index in [4.69, 9.17) is 5.73 Å². The molecular weight excluding hydrogens is 366 g/mol. The molecule has 4 rings (SSSR count). The average Bonchev–Trinajstić information content (AvgIpc) is 3.00. The molecule has 0 saturated carbocycles. The van der Waals surface area contributed by atoms with Crippen LogP contribution in [0.25, 0.3) is 22.2 Å². The number of carbonyl (C=O) groups excluding carboxylic acids is 1. The van der Waals surface area contributed by atoms with Gasteiger partial charge in [-0.25, -0.2) is 9.97 Å². The standard InChI is InChI=1S/C22H17N5O2/c1-27-10-9-22(29,21(27)28)8-7-14-3-2-4-15(11-14)18-6-5-17-16(12-23)13-25-20(24)19(17)26-18/h2-6,11,13,29H,9-10H2,1H3,(H2,24,25)/t22-/m0/s1. The summed E-state index contributed by atoms with van der Waals surface area (Å²) >= 11 is 0. The van der Waals surface area contributed by atoms with E-state index >= 15 is 0 Å². The Morgan fingerprint density at radius 3 is 2.86 bits per heavy atom. The Balaban J connectivity index is 1.72. The second-order valence-electron chi connectivity index (χ2n) is 6.93. The van der Waals surface area contributed by atoms with E-state index < -0.39 is 5.60 Å². The molecule has 0 bridgehead atoms. The van der Waals surface area contributed by atoms with Gasteiger partial charge in [0.05, 0.1) is 11.3 Å². The molecule has 1 aromatic carbocycles. The van der Waals surface area contributed by atoms with Crippen molar-refractivity contribution in [3.8, 4) is 29.2 Å². The molecule has 1 saturated heterocycles. The summed E-state index contributed by atoms with van der Waals surface area (Å²) in [5, 5.41) is 20.3. The molecule has 3 heterocycles. The molecule has 7 nitrogen and oxygen atoms in total. The minimum absolute atomic E-state index is 0.253. The van der Waals surface area contributed by atoms with Crippen LogP contribution in [0.3, 0.4) is 0 Å². The number of carbonyl (C=O) groups is 1. The van der Waals surface area contributed by atoms with Crippen molar-refractivity contribution >= 4 is 22.6 Å². The zero-order chi connectivity index (χ0) is 20.6. The predicted molar refractivity (Wildman–Crippen MR) is 108 cm³/mol. The molecule has 0 aliphatic carbocycles. The van der Waals surface area contributed by atoms with Crippen LogP contribution >= 0.6 is 0 Å². The Kier molecular flexibility index (Phi) is 4.38. The number of benzene rings is 1. The number of nitrogens with two attached hydrogens (primary N) is 1. The normalized spacial score (nSPS) is 18.4. The maximum atomic E-state index is 12.1. The van der Waals surface area contributed by atoms with Gasteiger partial charge in [0.1, 0.15) is 17.4 Å².